The van der Waals surface area contributed by atoms with E-state index in [2.05, 4.69) is 5.32 Å². The molecule has 1 aliphatic heterocycles. The van der Waals surface area contributed by atoms with E-state index in [1.165, 1.54) is 0 Å². The number of carbonyl (C=O) groups excluding carboxylic acids is 2. The Morgan fingerprint density at radius 3 is 2.59 bits per heavy atom. The smallest absolute Gasteiger partial charge is 0.227 e. The van der Waals surface area contributed by atoms with Crippen molar-refractivity contribution in [3.8, 4) is 5.75 Å². The van der Waals surface area contributed by atoms with Crippen molar-refractivity contribution in [2.75, 3.05) is 31.7 Å². The predicted molar refractivity (Wildman–Crippen MR) is 112 cm³/mol. The van der Waals surface area contributed by atoms with E-state index in [0.29, 0.717) is 19.7 Å². The van der Waals surface area contributed by atoms with Crippen LogP contribution in [0, 0.1) is 5.92 Å². The number of anilines is 1. The van der Waals surface area contributed by atoms with Crippen molar-refractivity contribution in [1.29, 1.82) is 0 Å². The molecule has 0 aromatic heterocycles. The van der Waals surface area contributed by atoms with E-state index in [1.54, 1.807) is 12.0 Å². The molecule has 0 aliphatic carbocycles. The first kappa shape index (κ1) is 20.9. The Labute approximate surface area is 171 Å². The Morgan fingerprint density at radius 1 is 1.17 bits per heavy atom. The van der Waals surface area contributed by atoms with Crippen LogP contribution in [0.15, 0.2) is 54.6 Å². The van der Waals surface area contributed by atoms with Crippen LogP contribution in [0.5, 0.6) is 5.75 Å². The number of methoxy groups -OCH3 is 1. The molecule has 0 spiro atoms. The molecule has 2 aromatic rings. The van der Waals surface area contributed by atoms with Crippen LogP contribution in [0.1, 0.15) is 31.4 Å². The standard InChI is InChI=1S/C23H28N2O4/c1-17(18-7-4-3-5-8-18)29-14-6-13-24-23(27)19-15-22(26)25(16-19)20-9-11-21(28-2)12-10-20/h3-5,7-12,17,19H,6,13-16H2,1-2H3,(H,24,27). The highest BCUT2D eigenvalue weighted by Gasteiger charge is 2.34. The molecule has 29 heavy (non-hydrogen) atoms. The van der Waals surface area contributed by atoms with E-state index in [1.807, 2.05) is 61.5 Å². The summed E-state index contributed by atoms with van der Waals surface area (Å²) < 4.78 is 11.0. The van der Waals surface area contributed by atoms with Crippen molar-refractivity contribution < 1.29 is 19.1 Å². The third kappa shape index (κ3) is 5.57. The van der Waals surface area contributed by atoms with Crippen molar-refractivity contribution in [2.24, 2.45) is 5.92 Å². The molecule has 1 fully saturated rings. The summed E-state index contributed by atoms with van der Waals surface area (Å²) in [6.07, 6.45) is 0.989. The maximum Gasteiger partial charge on any atom is 0.227 e. The molecule has 3 rings (SSSR count). The lowest BCUT2D eigenvalue weighted by atomic mass is 10.1. The number of nitrogens with zero attached hydrogens (tertiary/aromatic N) is 1. The van der Waals surface area contributed by atoms with Gasteiger partial charge in [-0.3, -0.25) is 9.59 Å². The van der Waals surface area contributed by atoms with Gasteiger partial charge < -0.3 is 19.7 Å². The van der Waals surface area contributed by atoms with E-state index in [9.17, 15) is 9.59 Å². The lowest BCUT2D eigenvalue weighted by molar-refractivity contribution is -0.126. The maximum absolute atomic E-state index is 12.4. The first-order chi connectivity index (χ1) is 14.1. The average molecular weight is 396 g/mol. The van der Waals surface area contributed by atoms with Gasteiger partial charge in [-0.1, -0.05) is 30.3 Å². The second kappa shape index (κ2) is 10.1. The third-order valence-corrected chi connectivity index (χ3v) is 5.14. The van der Waals surface area contributed by atoms with Gasteiger partial charge in [0.2, 0.25) is 11.8 Å². The highest BCUT2D eigenvalue weighted by Crippen LogP contribution is 2.27. The molecule has 0 radical (unpaired) electrons. The van der Waals surface area contributed by atoms with Crippen LogP contribution in [0.2, 0.25) is 0 Å². The van der Waals surface area contributed by atoms with Crippen LogP contribution in [0.25, 0.3) is 0 Å². The summed E-state index contributed by atoms with van der Waals surface area (Å²) in [5, 5.41) is 2.93. The molecule has 2 atom stereocenters. The van der Waals surface area contributed by atoms with Gasteiger partial charge in [-0.25, -0.2) is 0 Å². The molecule has 2 unspecified atom stereocenters. The summed E-state index contributed by atoms with van der Waals surface area (Å²) in [6.45, 7) is 3.52. The summed E-state index contributed by atoms with van der Waals surface area (Å²) in [6, 6.07) is 17.3. The van der Waals surface area contributed by atoms with Crippen molar-refractivity contribution in [1.82, 2.24) is 5.32 Å². The average Bonchev–Trinajstić information content (AvgIpc) is 3.15. The van der Waals surface area contributed by atoms with Crippen molar-refractivity contribution in [3.63, 3.8) is 0 Å². The van der Waals surface area contributed by atoms with Gasteiger partial charge in [0, 0.05) is 31.8 Å². The second-order valence-corrected chi connectivity index (χ2v) is 7.17. The molecule has 1 saturated heterocycles. The van der Waals surface area contributed by atoms with E-state index >= 15 is 0 Å². The van der Waals surface area contributed by atoms with E-state index in [-0.39, 0.29) is 30.3 Å². The van der Waals surface area contributed by atoms with Crippen LogP contribution in [-0.2, 0) is 14.3 Å². The number of benzene rings is 2. The summed E-state index contributed by atoms with van der Waals surface area (Å²) in [5.41, 5.74) is 1.93. The molecule has 1 aliphatic rings. The normalized spacial score (nSPS) is 17.2. The van der Waals surface area contributed by atoms with Crippen LogP contribution in [0.3, 0.4) is 0 Å². The predicted octanol–water partition coefficient (Wildman–Crippen LogP) is 3.33. The minimum absolute atomic E-state index is 0.0254. The molecule has 0 bridgehead atoms. The SMILES string of the molecule is COc1ccc(N2CC(C(=O)NCCCOC(C)c3ccccc3)CC2=O)cc1. The topological polar surface area (TPSA) is 67.9 Å². The molecule has 154 valence electrons. The second-order valence-electron chi connectivity index (χ2n) is 7.17. The maximum atomic E-state index is 12.4. The molecular weight excluding hydrogens is 368 g/mol. The van der Waals surface area contributed by atoms with Crippen molar-refractivity contribution in [3.05, 3.63) is 60.2 Å². The number of amides is 2. The van der Waals surface area contributed by atoms with Crippen LogP contribution < -0.4 is 15.0 Å². The lowest BCUT2D eigenvalue weighted by Gasteiger charge is -2.17. The number of nitrogens with one attached hydrogen (secondary N) is 1. The summed E-state index contributed by atoms with van der Waals surface area (Å²) in [4.78, 5) is 26.4. The van der Waals surface area contributed by atoms with Crippen molar-refractivity contribution >= 4 is 17.5 Å². The number of carbonyl (C=O) groups is 2. The number of rotatable bonds is 9. The van der Waals surface area contributed by atoms with Crippen molar-refractivity contribution in [2.45, 2.75) is 25.9 Å². The quantitative estimate of drug-likeness (QED) is 0.660. The van der Waals surface area contributed by atoms with E-state index in [0.717, 1.165) is 23.4 Å². The first-order valence-corrected chi connectivity index (χ1v) is 9.97. The molecule has 1 heterocycles. The van der Waals surface area contributed by atoms with Gasteiger partial charge in [0.25, 0.3) is 0 Å². The molecule has 0 saturated carbocycles. The third-order valence-electron chi connectivity index (χ3n) is 5.14. The van der Waals surface area contributed by atoms with Crippen LogP contribution in [-0.4, -0.2) is 38.6 Å². The fourth-order valence-electron chi connectivity index (χ4n) is 3.40. The molecule has 6 heteroatoms. The fourth-order valence-corrected chi connectivity index (χ4v) is 3.40. The largest absolute Gasteiger partial charge is 0.497 e. The zero-order valence-corrected chi connectivity index (χ0v) is 17.0. The van der Waals surface area contributed by atoms with Gasteiger partial charge in [-0.15, -0.1) is 0 Å². The molecule has 2 aromatic carbocycles. The van der Waals surface area contributed by atoms with E-state index < -0.39 is 0 Å². The van der Waals surface area contributed by atoms with Gasteiger partial charge in [0.1, 0.15) is 5.75 Å². The van der Waals surface area contributed by atoms with Crippen LogP contribution >= 0.6 is 0 Å². The van der Waals surface area contributed by atoms with Gasteiger partial charge in [-0.05, 0) is 43.2 Å². The Kier molecular flexibility index (Phi) is 7.25. The molecule has 6 nitrogen and oxygen atoms in total. The fraction of sp³-hybridized carbons (Fsp3) is 0.391. The monoisotopic (exact) mass is 396 g/mol. The Hall–Kier alpha value is -2.86. The molecule has 2 amide bonds. The minimum Gasteiger partial charge on any atom is -0.497 e. The number of hydrogen-bond donors (Lipinski definition) is 1. The minimum atomic E-state index is -0.325. The highest BCUT2D eigenvalue weighted by atomic mass is 16.5. The van der Waals surface area contributed by atoms with Gasteiger partial charge in [-0.2, -0.15) is 0 Å². The Morgan fingerprint density at radius 2 is 1.90 bits per heavy atom. The summed E-state index contributed by atoms with van der Waals surface area (Å²) in [7, 11) is 1.60. The Bertz CT molecular complexity index is 807. The first-order valence-electron chi connectivity index (χ1n) is 9.97. The highest BCUT2D eigenvalue weighted by molar-refractivity contribution is 6.00. The molecule has 1 N–H and O–H groups in total. The summed E-state index contributed by atoms with van der Waals surface area (Å²) in [5.74, 6) is 0.299. The zero-order chi connectivity index (χ0) is 20.6. The van der Waals surface area contributed by atoms with E-state index in [4.69, 9.17) is 9.47 Å². The molecular formula is C23H28N2O4. The summed E-state index contributed by atoms with van der Waals surface area (Å²) >= 11 is 0. The van der Waals surface area contributed by atoms with Gasteiger partial charge in [0.15, 0.2) is 0 Å². The number of ether oxygens (including phenoxy) is 2. The zero-order valence-electron chi connectivity index (χ0n) is 17.0. The lowest BCUT2D eigenvalue weighted by Crippen LogP contribution is -2.33. The van der Waals surface area contributed by atoms with Gasteiger partial charge >= 0.3 is 0 Å². The van der Waals surface area contributed by atoms with Gasteiger partial charge in [0.05, 0.1) is 19.1 Å². The number of hydrogen-bond acceptors (Lipinski definition) is 4. The Balaban J connectivity index is 1.39. The van der Waals surface area contributed by atoms with Crippen LogP contribution in [0.4, 0.5) is 5.69 Å².